The van der Waals surface area contributed by atoms with E-state index in [0.717, 1.165) is 4.90 Å². The molecule has 1 spiro atoms. The molecule has 3 rings (SSSR count). The number of rotatable bonds is 6. The Morgan fingerprint density at radius 2 is 1.81 bits per heavy atom. The molecule has 208 valence electrons. The molecule has 37 heavy (non-hydrogen) atoms. The van der Waals surface area contributed by atoms with E-state index in [1.165, 1.54) is 20.8 Å². The van der Waals surface area contributed by atoms with Crippen molar-refractivity contribution < 1.29 is 41.5 Å². The van der Waals surface area contributed by atoms with Gasteiger partial charge in [0.1, 0.15) is 12.1 Å². The highest BCUT2D eigenvalue weighted by Crippen LogP contribution is 2.57. The topological polar surface area (TPSA) is 128 Å². The quantitative estimate of drug-likeness (QED) is 0.256. The molecule has 0 bridgehead atoms. The first kappa shape index (κ1) is 28.9. The summed E-state index contributed by atoms with van der Waals surface area (Å²) in [5, 5.41) is 4.92. The van der Waals surface area contributed by atoms with Gasteiger partial charge in [0.25, 0.3) is 17.4 Å². The van der Waals surface area contributed by atoms with Gasteiger partial charge in [0.05, 0.1) is 12.5 Å². The zero-order valence-corrected chi connectivity index (χ0v) is 21.3. The van der Waals surface area contributed by atoms with Crippen molar-refractivity contribution in [2.75, 3.05) is 19.6 Å². The second kappa shape index (κ2) is 10.3. The van der Waals surface area contributed by atoms with Crippen LogP contribution in [0.25, 0.3) is 0 Å². The van der Waals surface area contributed by atoms with Crippen LogP contribution in [0.2, 0.25) is 0 Å². The highest BCUT2D eigenvalue weighted by atomic mass is 35.5. The smallest absolute Gasteiger partial charge is 0.356 e. The number of hydrogen-bond donors (Lipinski definition) is 3. The average Bonchev–Trinajstić information content (AvgIpc) is 3.28. The van der Waals surface area contributed by atoms with E-state index in [9.17, 15) is 41.5 Å². The van der Waals surface area contributed by atoms with Crippen molar-refractivity contribution in [3.8, 4) is 0 Å². The predicted molar refractivity (Wildman–Crippen MR) is 121 cm³/mol. The number of hydrogen-bond acceptors (Lipinski definition) is 5. The molecule has 2 unspecified atom stereocenters. The van der Waals surface area contributed by atoms with Crippen LogP contribution in [0.15, 0.2) is 0 Å². The van der Waals surface area contributed by atoms with Gasteiger partial charge in [-0.3, -0.25) is 29.4 Å². The van der Waals surface area contributed by atoms with Crippen LogP contribution in [0, 0.1) is 16.7 Å². The molecule has 3 N–H and O–H groups in total. The van der Waals surface area contributed by atoms with Gasteiger partial charge in [0, 0.05) is 18.5 Å². The van der Waals surface area contributed by atoms with Crippen LogP contribution in [-0.4, -0.2) is 83.0 Å². The van der Waals surface area contributed by atoms with E-state index in [4.69, 9.17) is 11.6 Å². The third-order valence-electron chi connectivity index (χ3n) is 7.08. The number of carbonyl (C=O) groups is 5. The number of nitrogens with zero attached hydrogens (tertiary/aromatic N) is 2. The Hall–Kier alpha value is -2.64. The molecule has 0 aromatic carbocycles. The molecule has 3 fully saturated rings. The summed E-state index contributed by atoms with van der Waals surface area (Å²) in [5.41, 5.74) is -2.02. The lowest BCUT2D eigenvalue weighted by Gasteiger charge is -2.37. The molecule has 3 aliphatic rings. The summed E-state index contributed by atoms with van der Waals surface area (Å²) in [6.07, 6.45) is -3.42. The monoisotopic (exact) mass is 555 g/mol. The normalized spacial score (nSPS) is 24.3. The largest absolute Gasteiger partial charge is 0.471 e. The van der Waals surface area contributed by atoms with Gasteiger partial charge < -0.3 is 15.5 Å². The van der Waals surface area contributed by atoms with E-state index in [1.807, 2.05) is 0 Å². The Morgan fingerprint density at radius 3 is 2.27 bits per heavy atom. The lowest BCUT2D eigenvalue weighted by Crippen LogP contribution is -2.62. The number of alkyl halides is 5. The molecular weight excluding hydrogens is 526 g/mol. The van der Waals surface area contributed by atoms with Crippen molar-refractivity contribution >= 4 is 41.1 Å². The second-order valence-corrected chi connectivity index (χ2v) is 11.2. The minimum atomic E-state index is -5.22. The maximum atomic E-state index is 13.7. The molecule has 0 aromatic heterocycles. The Kier molecular flexibility index (Phi) is 8.02. The number of nitrogens with one attached hydrogen (secondary N) is 3. The van der Waals surface area contributed by atoms with Crippen LogP contribution < -0.4 is 16.1 Å². The highest BCUT2D eigenvalue weighted by Gasteiger charge is 2.61. The molecule has 2 aliphatic heterocycles. The third-order valence-corrected chi connectivity index (χ3v) is 7.26. The van der Waals surface area contributed by atoms with Crippen LogP contribution in [0.4, 0.5) is 17.6 Å². The first-order valence-electron chi connectivity index (χ1n) is 11.8. The summed E-state index contributed by atoms with van der Waals surface area (Å²) >= 11 is 5.31. The van der Waals surface area contributed by atoms with E-state index in [2.05, 4.69) is 10.7 Å². The lowest BCUT2D eigenvalue weighted by molar-refractivity contribution is -0.176. The van der Waals surface area contributed by atoms with E-state index in [0.29, 0.717) is 37.2 Å². The van der Waals surface area contributed by atoms with Gasteiger partial charge in [-0.15, -0.1) is 0 Å². The number of amides is 5. The van der Waals surface area contributed by atoms with E-state index in [-0.39, 0.29) is 19.0 Å². The molecule has 0 aromatic rings. The van der Waals surface area contributed by atoms with Crippen LogP contribution in [0.5, 0.6) is 0 Å². The van der Waals surface area contributed by atoms with Crippen LogP contribution in [0.3, 0.4) is 0 Å². The summed E-state index contributed by atoms with van der Waals surface area (Å²) in [5.74, 6) is -6.45. The Bertz CT molecular complexity index is 966. The van der Waals surface area contributed by atoms with Crippen molar-refractivity contribution in [2.45, 2.75) is 70.3 Å². The van der Waals surface area contributed by atoms with Gasteiger partial charge in [0.2, 0.25) is 11.8 Å². The minimum absolute atomic E-state index is 0.0333. The van der Waals surface area contributed by atoms with E-state index < -0.39 is 64.3 Å². The maximum Gasteiger partial charge on any atom is 0.471 e. The molecule has 1 aliphatic carbocycles. The zero-order valence-electron chi connectivity index (χ0n) is 20.6. The fraction of sp³-hybridized carbons (Fsp3) is 0.773. The number of hydrazine groups is 1. The van der Waals surface area contributed by atoms with Crippen LogP contribution >= 0.6 is 11.6 Å². The van der Waals surface area contributed by atoms with Crippen molar-refractivity contribution in [1.29, 1.82) is 0 Å². The second-order valence-electron chi connectivity index (χ2n) is 10.8. The molecule has 10 nitrogen and oxygen atoms in total. The van der Waals surface area contributed by atoms with Gasteiger partial charge in [-0.1, -0.05) is 32.4 Å². The number of likely N-dealkylation sites (tertiary alicyclic amines) is 1. The van der Waals surface area contributed by atoms with Crippen molar-refractivity contribution in [3.63, 3.8) is 0 Å². The molecule has 15 heteroatoms. The van der Waals surface area contributed by atoms with E-state index in [1.54, 1.807) is 5.32 Å². The van der Waals surface area contributed by atoms with Crippen molar-refractivity contribution in [1.82, 2.24) is 26.0 Å². The zero-order chi connectivity index (χ0) is 27.9. The molecule has 1 saturated carbocycles. The Morgan fingerprint density at radius 1 is 1.19 bits per heavy atom. The molecule has 2 saturated heterocycles. The fourth-order valence-electron chi connectivity index (χ4n) is 4.85. The molecular formula is C22H30ClF4N5O5. The summed E-state index contributed by atoms with van der Waals surface area (Å²) < 4.78 is 52.5. The fourth-order valence-corrected chi connectivity index (χ4v) is 4.97. The average molecular weight is 556 g/mol. The summed E-state index contributed by atoms with van der Waals surface area (Å²) in [4.78, 5) is 64.0. The summed E-state index contributed by atoms with van der Waals surface area (Å²) in [7, 11) is 0. The standard InChI is InChI=1S/C22H30ClF4N5O5/c1-20(2,3)12(29-19(37)22(25,26)27)17(35)31-9-7-21(5-6-21)13(31)16(34)30-32(18(36)14(23)24)10-11-4-8-28-15(11)33/h11-14H,4-10H2,1-3H3,(H,28,33)(H,29,37)(H,30,34)/t11-,12?,13+,14?/m0/s1. The first-order valence-corrected chi connectivity index (χ1v) is 12.3. The highest BCUT2D eigenvalue weighted by molar-refractivity contribution is 6.29. The van der Waals surface area contributed by atoms with Gasteiger partial charge >= 0.3 is 12.1 Å². The van der Waals surface area contributed by atoms with E-state index >= 15 is 0 Å². The molecule has 2 heterocycles. The Labute approximate surface area is 215 Å². The minimum Gasteiger partial charge on any atom is -0.356 e. The van der Waals surface area contributed by atoms with Gasteiger partial charge in [-0.25, -0.2) is 9.40 Å². The Balaban J connectivity index is 1.84. The SMILES string of the molecule is CC(C)(C)C(NC(=O)C(F)(F)F)C(=O)N1CCC2(CC2)[C@H]1C(=O)NN(C[C@@H]1CCNC1=O)C(=O)C(F)Cl. The van der Waals surface area contributed by atoms with Crippen molar-refractivity contribution in [2.24, 2.45) is 16.7 Å². The molecule has 0 radical (unpaired) electrons. The molecule has 5 amide bonds. The molecule has 4 atom stereocenters. The lowest BCUT2D eigenvalue weighted by atomic mass is 9.85. The summed E-state index contributed by atoms with van der Waals surface area (Å²) in [6, 6.07) is -2.79. The predicted octanol–water partition coefficient (Wildman–Crippen LogP) is 0.991. The number of carbonyl (C=O) groups excluding carboxylic acids is 5. The third kappa shape index (κ3) is 6.27. The van der Waals surface area contributed by atoms with Gasteiger partial charge in [-0.05, 0) is 31.1 Å². The van der Waals surface area contributed by atoms with Gasteiger partial charge in [0.15, 0.2) is 0 Å². The summed E-state index contributed by atoms with van der Waals surface area (Å²) in [6.45, 7) is 4.43. The van der Waals surface area contributed by atoms with Crippen LogP contribution in [-0.2, 0) is 24.0 Å². The first-order chi connectivity index (χ1) is 17.0. The number of halogens is 5. The van der Waals surface area contributed by atoms with Gasteiger partial charge in [-0.2, -0.15) is 13.2 Å². The maximum absolute atomic E-state index is 13.7. The van der Waals surface area contributed by atoms with Crippen molar-refractivity contribution in [3.05, 3.63) is 0 Å². The van der Waals surface area contributed by atoms with Crippen LogP contribution in [0.1, 0.15) is 46.5 Å².